The van der Waals surface area contributed by atoms with Crippen LogP contribution in [0, 0.1) is 0 Å². The number of aliphatic hydroxyl groups excluding tert-OH is 1. The zero-order valence-electron chi connectivity index (χ0n) is 9.47. The van der Waals surface area contributed by atoms with Gasteiger partial charge in [0.15, 0.2) is 5.76 Å². The zero-order chi connectivity index (χ0) is 13.0. The van der Waals surface area contributed by atoms with Gasteiger partial charge >= 0.3 is 0 Å². The van der Waals surface area contributed by atoms with Gasteiger partial charge in [-0.1, -0.05) is 23.7 Å². The third kappa shape index (κ3) is 3.12. The molecule has 2 rings (SSSR count). The molecule has 1 aromatic carbocycles. The van der Waals surface area contributed by atoms with E-state index in [1.807, 2.05) is 0 Å². The van der Waals surface area contributed by atoms with Crippen molar-refractivity contribution in [2.45, 2.75) is 6.10 Å². The number of aliphatic hydroxyl groups is 1. The highest BCUT2D eigenvalue weighted by Crippen LogP contribution is 2.15. The highest BCUT2D eigenvalue weighted by atomic mass is 35.5. The summed E-state index contributed by atoms with van der Waals surface area (Å²) in [5.74, 6) is -0.133. The molecule has 0 saturated carbocycles. The number of benzene rings is 1. The van der Waals surface area contributed by atoms with Crippen LogP contribution in [0.25, 0.3) is 0 Å². The second-order valence-electron chi connectivity index (χ2n) is 3.75. The summed E-state index contributed by atoms with van der Waals surface area (Å²) in [7, 11) is 0. The number of furan rings is 1. The van der Waals surface area contributed by atoms with Crippen LogP contribution in [0.4, 0.5) is 0 Å². The van der Waals surface area contributed by atoms with Crippen molar-refractivity contribution in [2.24, 2.45) is 0 Å². The van der Waals surface area contributed by atoms with Crippen molar-refractivity contribution in [1.29, 1.82) is 0 Å². The lowest BCUT2D eigenvalue weighted by molar-refractivity contribution is 0.0889. The Hall–Kier alpha value is -1.78. The van der Waals surface area contributed by atoms with E-state index < -0.39 is 6.10 Å². The van der Waals surface area contributed by atoms with E-state index in [-0.39, 0.29) is 18.2 Å². The summed E-state index contributed by atoms with van der Waals surface area (Å²) < 4.78 is 4.94. The van der Waals surface area contributed by atoms with Gasteiger partial charge in [-0.3, -0.25) is 4.79 Å². The standard InChI is InChI=1S/C13H12ClNO3/c14-10-5-3-9(4-6-10)11(16)8-15-13(17)12-2-1-7-18-12/h1-7,11,16H,8H2,(H,15,17)/t11-/m1/s1. The molecule has 0 radical (unpaired) electrons. The van der Waals surface area contributed by atoms with Crippen LogP contribution in [-0.2, 0) is 0 Å². The second-order valence-corrected chi connectivity index (χ2v) is 4.19. The van der Waals surface area contributed by atoms with E-state index in [1.54, 1.807) is 36.4 Å². The minimum Gasteiger partial charge on any atom is -0.459 e. The highest BCUT2D eigenvalue weighted by molar-refractivity contribution is 6.30. The Labute approximate surface area is 109 Å². The summed E-state index contributed by atoms with van der Waals surface area (Å²) in [6, 6.07) is 10.00. The molecule has 0 saturated heterocycles. The van der Waals surface area contributed by atoms with Crippen molar-refractivity contribution in [2.75, 3.05) is 6.54 Å². The van der Waals surface area contributed by atoms with Gasteiger partial charge in [-0.15, -0.1) is 0 Å². The maximum absolute atomic E-state index is 11.6. The first-order chi connectivity index (χ1) is 8.66. The minimum atomic E-state index is -0.777. The lowest BCUT2D eigenvalue weighted by Gasteiger charge is -2.11. The molecule has 94 valence electrons. The summed E-state index contributed by atoms with van der Waals surface area (Å²) in [4.78, 5) is 11.6. The van der Waals surface area contributed by atoms with Crippen LogP contribution in [-0.4, -0.2) is 17.6 Å². The normalized spacial score (nSPS) is 12.1. The Morgan fingerprint density at radius 3 is 2.67 bits per heavy atom. The molecule has 0 fully saturated rings. The summed E-state index contributed by atoms with van der Waals surface area (Å²) >= 11 is 5.75. The third-order valence-electron chi connectivity index (χ3n) is 2.46. The number of rotatable bonds is 4. The van der Waals surface area contributed by atoms with Crippen LogP contribution in [0.3, 0.4) is 0 Å². The number of carbonyl (C=O) groups is 1. The van der Waals surface area contributed by atoms with Gasteiger partial charge in [-0.2, -0.15) is 0 Å². The molecule has 0 aliphatic heterocycles. The molecule has 0 bridgehead atoms. The number of amides is 1. The first-order valence-corrected chi connectivity index (χ1v) is 5.80. The third-order valence-corrected chi connectivity index (χ3v) is 2.71. The SMILES string of the molecule is O=C(NC[C@@H](O)c1ccc(Cl)cc1)c1ccco1. The lowest BCUT2D eigenvalue weighted by atomic mass is 10.1. The number of nitrogens with one attached hydrogen (secondary N) is 1. The van der Waals surface area contributed by atoms with Gasteiger partial charge in [0.25, 0.3) is 5.91 Å². The zero-order valence-corrected chi connectivity index (χ0v) is 10.2. The summed E-state index contributed by atoms with van der Waals surface area (Å²) in [6.07, 6.45) is 0.644. The smallest absolute Gasteiger partial charge is 0.287 e. The van der Waals surface area contributed by atoms with Crippen LogP contribution < -0.4 is 5.32 Å². The Bertz CT molecular complexity index is 508. The Morgan fingerprint density at radius 2 is 2.06 bits per heavy atom. The van der Waals surface area contributed by atoms with Crippen LogP contribution in [0.15, 0.2) is 47.1 Å². The maximum Gasteiger partial charge on any atom is 0.287 e. The first kappa shape index (κ1) is 12.7. The topological polar surface area (TPSA) is 62.5 Å². The van der Waals surface area contributed by atoms with Crippen LogP contribution in [0.1, 0.15) is 22.2 Å². The summed E-state index contributed by atoms with van der Waals surface area (Å²) in [5.41, 5.74) is 0.694. The van der Waals surface area contributed by atoms with Gasteiger partial charge in [0.05, 0.1) is 12.4 Å². The summed E-state index contributed by atoms with van der Waals surface area (Å²) in [5, 5.41) is 13.1. The monoisotopic (exact) mass is 265 g/mol. The van der Waals surface area contributed by atoms with Crippen molar-refractivity contribution in [1.82, 2.24) is 5.32 Å². The highest BCUT2D eigenvalue weighted by Gasteiger charge is 2.12. The van der Waals surface area contributed by atoms with Gasteiger partial charge in [0.1, 0.15) is 0 Å². The fourth-order valence-corrected chi connectivity index (χ4v) is 1.61. The molecule has 1 heterocycles. The van der Waals surface area contributed by atoms with Crippen LogP contribution in [0.5, 0.6) is 0 Å². The van der Waals surface area contributed by atoms with E-state index >= 15 is 0 Å². The van der Waals surface area contributed by atoms with Gasteiger partial charge in [-0.25, -0.2) is 0 Å². The van der Waals surface area contributed by atoms with Crippen molar-refractivity contribution < 1.29 is 14.3 Å². The van der Waals surface area contributed by atoms with Crippen molar-refractivity contribution >= 4 is 17.5 Å². The fraction of sp³-hybridized carbons (Fsp3) is 0.154. The first-order valence-electron chi connectivity index (χ1n) is 5.42. The van der Waals surface area contributed by atoms with Gasteiger partial charge in [0.2, 0.25) is 0 Å². The molecule has 1 amide bonds. The van der Waals surface area contributed by atoms with Crippen molar-refractivity contribution in [3.05, 3.63) is 59.0 Å². The molecule has 18 heavy (non-hydrogen) atoms. The quantitative estimate of drug-likeness (QED) is 0.892. The largest absolute Gasteiger partial charge is 0.459 e. The molecule has 2 N–H and O–H groups in total. The van der Waals surface area contributed by atoms with Gasteiger partial charge in [0, 0.05) is 11.6 Å². The molecule has 4 nitrogen and oxygen atoms in total. The molecule has 0 spiro atoms. The minimum absolute atomic E-state index is 0.112. The number of hydrogen-bond acceptors (Lipinski definition) is 3. The lowest BCUT2D eigenvalue weighted by Crippen LogP contribution is -2.28. The van der Waals surface area contributed by atoms with E-state index in [0.717, 1.165) is 0 Å². The number of carbonyl (C=O) groups excluding carboxylic acids is 1. The number of hydrogen-bond donors (Lipinski definition) is 2. The van der Waals surface area contributed by atoms with E-state index in [0.29, 0.717) is 10.6 Å². The molecule has 1 aromatic heterocycles. The van der Waals surface area contributed by atoms with Crippen molar-refractivity contribution in [3.8, 4) is 0 Å². The molecule has 2 aromatic rings. The summed E-state index contributed by atoms with van der Waals surface area (Å²) in [6.45, 7) is 0.112. The average Bonchev–Trinajstić information content (AvgIpc) is 2.90. The fourth-order valence-electron chi connectivity index (χ4n) is 1.49. The predicted octanol–water partition coefficient (Wildman–Crippen LogP) is 2.40. The Balaban J connectivity index is 1.90. The van der Waals surface area contributed by atoms with Crippen molar-refractivity contribution in [3.63, 3.8) is 0 Å². The predicted molar refractivity (Wildman–Crippen MR) is 67.5 cm³/mol. The van der Waals surface area contributed by atoms with E-state index in [9.17, 15) is 9.90 Å². The second kappa shape index (κ2) is 5.71. The van der Waals surface area contributed by atoms with Crippen LogP contribution >= 0.6 is 11.6 Å². The molecule has 0 unspecified atom stereocenters. The molecular formula is C13H12ClNO3. The average molecular weight is 266 g/mol. The number of halogens is 1. The molecular weight excluding hydrogens is 254 g/mol. The van der Waals surface area contributed by atoms with Crippen LogP contribution in [0.2, 0.25) is 5.02 Å². The van der Waals surface area contributed by atoms with E-state index in [1.165, 1.54) is 6.26 Å². The molecule has 5 heteroatoms. The molecule has 0 aliphatic rings. The maximum atomic E-state index is 11.6. The molecule has 0 aliphatic carbocycles. The van der Waals surface area contributed by atoms with Gasteiger partial charge < -0.3 is 14.8 Å². The van der Waals surface area contributed by atoms with E-state index in [4.69, 9.17) is 16.0 Å². The van der Waals surface area contributed by atoms with Gasteiger partial charge in [-0.05, 0) is 29.8 Å². The molecule has 1 atom stereocenters. The Morgan fingerprint density at radius 1 is 1.33 bits per heavy atom. The Kier molecular flexibility index (Phi) is 4.02. The van der Waals surface area contributed by atoms with E-state index in [2.05, 4.69) is 5.32 Å².